The maximum absolute atomic E-state index is 13.2. The Bertz CT molecular complexity index is 1200. The number of nitrogens with one attached hydrogen (secondary N) is 2. The van der Waals surface area contributed by atoms with Gasteiger partial charge in [0.15, 0.2) is 0 Å². The maximum Gasteiger partial charge on any atom is 0.251 e. The van der Waals surface area contributed by atoms with Gasteiger partial charge in [-0.05, 0) is 55.8 Å². The van der Waals surface area contributed by atoms with E-state index in [0.717, 1.165) is 25.8 Å². The minimum absolute atomic E-state index is 0.121. The normalized spacial score (nSPS) is 18.6. The largest absolute Gasteiger partial charge is 0.489 e. The lowest BCUT2D eigenvalue weighted by Gasteiger charge is -2.63. The lowest BCUT2D eigenvalue weighted by Crippen LogP contribution is -2.74. The van der Waals surface area contributed by atoms with E-state index < -0.39 is 0 Å². The molecular weight excluding hydrogens is 536 g/mol. The zero-order chi connectivity index (χ0) is 30.0. The molecule has 1 fully saturated rings. The van der Waals surface area contributed by atoms with Gasteiger partial charge < -0.3 is 21.1 Å². The van der Waals surface area contributed by atoms with Gasteiger partial charge in [0.25, 0.3) is 11.8 Å². The number of rotatable bonds is 15. The van der Waals surface area contributed by atoms with Gasteiger partial charge in [0, 0.05) is 34.5 Å². The first-order chi connectivity index (χ1) is 19.5. The third kappa shape index (κ3) is 8.24. The van der Waals surface area contributed by atoms with Crippen molar-refractivity contribution in [3.05, 3.63) is 70.0 Å². The fourth-order valence-corrected chi connectivity index (χ4v) is 6.42. The summed E-state index contributed by atoms with van der Waals surface area (Å²) in [6.07, 6.45) is 9.16. The van der Waals surface area contributed by atoms with E-state index in [1.54, 1.807) is 42.5 Å². The van der Waals surface area contributed by atoms with Crippen molar-refractivity contribution in [3.8, 4) is 5.75 Å². The van der Waals surface area contributed by atoms with Crippen LogP contribution in [0, 0.1) is 17.4 Å². The van der Waals surface area contributed by atoms with E-state index >= 15 is 0 Å². The van der Waals surface area contributed by atoms with Gasteiger partial charge in [-0.2, -0.15) is 0 Å². The van der Waals surface area contributed by atoms with Crippen LogP contribution in [0.3, 0.4) is 0 Å². The minimum Gasteiger partial charge on any atom is -0.489 e. The molecule has 0 saturated heterocycles. The summed E-state index contributed by atoms with van der Waals surface area (Å²) >= 11 is 6.20. The number of nitrogens with two attached hydrogens (primary N) is 1. The Labute approximate surface area is 250 Å². The highest BCUT2D eigenvalue weighted by molar-refractivity contribution is 6.33. The first kappa shape index (κ1) is 32.4. The summed E-state index contributed by atoms with van der Waals surface area (Å²) in [5.41, 5.74) is 6.25. The number of nitrogens with zero attached hydrogens (tertiary/aromatic N) is 1. The van der Waals surface area contributed by atoms with Gasteiger partial charge in [-0.15, -0.1) is 0 Å². The fraction of sp³-hybridized carbons (Fsp3) is 0.545. The van der Waals surface area contributed by atoms with Crippen LogP contribution in [0.25, 0.3) is 4.85 Å². The molecule has 0 unspecified atom stereocenters. The van der Waals surface area contributed by atoms with E-state index in [2.05, 4.69) is 43.2 Å². The van der Waals surface area contributed by atoms with Crippen LogP contribution in [-0.4, -0.2) is 37.0 Å². The first-order valence-electron chi connectivity index (χ1n) is 14.7. The molecule has 3 rings (SSSR count). The lowest BCUT2D eigenvalue weighted by atomic mass is 9.49. The summed E-state index contributed by atoms with van der Waals surface area (Å²) in [5, 5.41) is 6.53. The molecule has 2 aromatic carbocycles. The van der Waals surface area contributed by atoms with Crippen molar-refractivity contribution < 1.29 is 14.3 Å². The minimum atomic E-state index is -0.353. The molecule has 2 aromatic rings. The van der Waals surface area contributed by atoms with Crippen LogP contribution >= 0.6 is 11.6 Å². The Morgan fingerprint density at radius 3 is 1.95 bits per heavy atom. The quantitative estimate of drug-likeness (QED) is 0.152. The lowest BCUT2D eigenvalue weighted by molar-refractivity contribution is -0.164. The van der Waals surface area contributed by atoms with Gasteiger partial charge in [-0.3, -0.25) is 9.59 Å². The van der Waals surface area contributed by atoms with Crippen molar-refractivity contribution in [2.45, 2.75) is 91.2 Å². The molecule has 41 heavy (non-hydrogen) atoms. The first-order valence-corrected chi connectivity index (χ1v) is 15.1. The molecule has 1 saturated carbocycles. The Kier molecular flexibility index (Phi) is 11.6. The Morgan fingerprint density at radius 2 is 1.41 bits per heavy atom. The van der Waals surface area contributed by atoms with Crippen molar-refractivity contribution in [2.75, 3.05) is 13.1 Å². The Balaban J connectivity index is 1.46. The SMILES string of the molecule is [C-]#[N+]c1ccc(OC2C(C)(C)C(NC(=O)c3ccc(C(=O)NCCCCCCCCCCN)cc3)C2(C)C)cc1Cl. The maximum atomic E-state index is 13.2. The van der Waals surface area contributed by atoms with E-state index in [1.807, 2.05) is 0 Å². The van der Waals surface area contributed by atoms with Crippen LogP contribution in [0.1, 0.15) is 99.8 Å². The highest BCUT2D eigenvalue weighted by Gasteiger charge is 2.64. The monoisotopic (exact) mass is 580 g/mol. The molecule has 7 nitrogen and oxygen atoms in total. The molecule has 222 valence electrons. The summed E-state index contributed by atoms with van der Waals surface area (Å²) in [5.74, 6) is 0.291. The molecule has 2 amide bonds. The summed E-state index contributed by atoms with van der Waals surface area (Å²) in [6, 6.07) is 11.7. The number of hydrogen-bond donors (Lipinski definition) is 3. The highest BCUT2D eigenvalue weighted by Crippen LogP contribution is 2.55. The smallest absolute Gasteiger partial charge is 0.251 e. The van der Waals surface area contributed by atoms with Crippen molar-refractivity contribution in [1.82, 2.24) is 10.6 Å². The molecule has 0 aliphatic heterocycles. The van der Waals surface area contributed by atoms with Gasteiger partial charge in [0.2, 0.25) is 5.69 Å². The molecule has 1 aliphatic rings. The van der Waals surface area contributed by atoms with E-state index in [1.165, 1.54) is 32.1 Å². The van der Waals surface area contributed by atoms with E-state index in [4.69, 9.17) is 28.6 Å². The molecule has 0 aromatic heterocycles. The van der Waals surface area contributed by atoms with Crippen LogP contribution in [-0.2, 0) is 0 Å². The molecule has 4 N–H and O–H groups in total. The molecule has 0 radical (unpaired) electrons. The predicted molar refractivity (Wildman–Crippen MR) is 166 cm³/mol. The standard InChI is InChI=1S/C33H45ClN4O3/c1-32(2)30(33(3,4)31(32)41-25-18-19-27(36-5)26(34)22-25)38-29(40)24-16-14-23(15-17-24)28(39)37-21-13-11-9-7-6-8-10-12-20-35/h14-19,22,30-31H,6-13,20-21,35H2,1-4H3,(H,37,39)(H,38,40). The summed E-state index contributed by atoms with van der Waals surface area (Å²) < 4.78 is 6.31. The van der Waals surface area contributed by atoms with Gasteiger partial charge >= 0.3 is 0 Å². The second kappa shape index (κ2) is 14.7. The Morgan fingerprint density at radius 1 is 0.878 bits per heavy atom. The Hall–Kier alpha value is -3.08. The van der Waals surface area contributed by atoms with E-state index in [0.29, 0.717) is 34.1 Å². The summed E-state index contributed by atoms with van der Waals surface area (Å²) in [7, 11) is 0. The topological polar surface area (TPSA) is 97.8 Å². The van der Waals surface area contributed by atoms with E-state index in [9.17, 15) is 9.59 Å². The number of amides is 2. The second-order valence-corrected chi connectivity index (χ2v) is 12.6. The number of hydrogen-bond acceptors (Lipinski definition) is 4. The molecule has 0 heterocycles. The molecule has 0 spiro atoms. The molecule has 1 aliphatic carbocycles. The van der Waals surface area contributed by atoms with Gasteiger partial charge in [0.1, 0.15) is 11.9 Å². The van der Waals surface area contributed by atoms with Crippen LogP contribution in [0.15, 0.2) is 42.5 Å². The zero-order valence-electron chi connectivity index (χ0n) is 24.9. The average molecular weight is 581 g/mol. The fourth-order valence-electron chi connectivity index (χ4n) is 6.21. The predicted octanol–water partition coefficient (Wildman–Crippen LogP) is 7.31. The number of carbonyl (C=O) groups excluding carboxylic acids is 2. The average Bonchev–Trinajstić information content (AvgIpc) is 2.95. The molecule has 0 atom stereocenters. The number of carbonyl (C=O) groups is 2. The van der Waals surface area contributed by atoms with Gasteiger partial charge in [-0.25, -0.2) is 4.85 Å². The van der Waals surface area contributed by atoms with Crippen LogP contribution < -0.4 is 21.1 Å². The van der Waals surface area contributed by atoms with Gasteiger partial charge in [0.05, 0.1) is 11.6 Å². The second-order valence-electron chi connectivity index (χ2n) is 12.2. The zero-order valence-corrected chi connectivity index (χ0v) is 25.7. The van der Waals surface area contributed by atoms with Crippen molar-refractivity contribution in [3.63, 3.8) is 0 Å². The summed E-state index contributed by atoms with van der Waals surface area (Å²) in [6.45, 7) is 16.9. The van der Waals surface area contributed by atoms with Crippen LogP contribution in [0.5, 0.6) is 5.75 Å². The summed E-state index contributed by atoms with van der Waals surface area (Å²) in [4.78, 5) is 29.1. The number of halogens is 1. The third-order valence-corrected chi connectivity index (χ3v) is 8.54. The number of unbranched alkanes of at least 4 members (excludes halogenated alkanes) is 7. The highest BCUT2D eigenvalue weighted by atomic mass is 35.5. The molecular formula is C33H45ClN4O3. The number of benzene rings is 2. The molecule has 0 bridgehead atoms. The van der Waals surface area contributed by atoms with Crippen molar-refractivity contribution >= 4 is 29.1 Å². The number of ether oxygens (including phenoxy) is 1. The van der Waals surface area contributed by atoms with Gasteiger partial charge in [-0.1, -0.05) is 83.9 Å². The molecule has 8 heteroatoms. The third-order valence-electron chi connectivity index (χ3n) is 8.23. The van der Waals surface area contributed by atoms with Crippen LogP contribution in [0.4, 0.5) is 5.69 Å². The van der Waals surface area contributed by atoms with Crippen molar-refractivity contribution in [2.24, 2.45) is 16.6 Å². The van der Waals surface area contributed by atoms with Crippen LogP contribution in [0.2, 0.25) is 5.02 Å². The van der Waals surface area contributed by atoms with Crippen molar-refractivity contribution in [1.29, 1.82) is 0 Å². The van der Waals surface area contributed by atoms with E-state index in [-0.39, 0.29) is 34.8 Å².